The lowest BCUT2D eigenvalue weighted by atomic mass is 10.1. The SMILES string of the molecule is CCn1ncc(Cn2cc(NC(=O)c3ccc(OC)c(OC)c3OC)cn2)c1C. The van der Waals surface area contributed by atoms with Crippen LogP contribution < -0.4 is 19.5 Å². The third kappa shape index (κ3) is 4.03. The molecule has 0 saturated carbocycles. The molecule has 29 heavy (non-hydrogen) atoms. The van der Waals surface area contributed by atoms with Gasteiger partial charge in [-0.1, -0.05) is 0 Å². The number of nitrogens with zero attached hydrogens (tertiary/aromatic N) is 4. The fourth-order valence-electron chi connectivity index (χ4n) is 3.13. The van der Waals surface area contributed by atoms with Crippen LogP contribution in [0.5, 0.6) is 17.2 Å². The molecule has 1 aromatic carbocycles. The quantitative estimate of drug-likeness (QED) is 0.626. The van der Waals surface area contributed by atoms with E-state index in [1.807, 2.05) is 24.7 Å². The molecule has 0 fully saturated rings. The number of amides is 1. The largest absolute Gasteiger partial charge is 0.493 e. The van der Waals surface area contributed by atoms with Crippen LogP contribution in [0.25, 0.3) is 0 Å². The van der Waals surface area contributed by atoms with Crippen LogP contribution in [0.3, 0.4) is 0 Å². The van der Waals surface area contributed by atoms with Crippen LogP contribution in [0, 0.1) is 6.92 Å². The van der Waals surface area contributed by atoms with E-state index in [1.54, 1.807) is 29.2 Å². The van der Waals surface area contributed by atoms with Crippen molar-refractivity contribution in [3.63, 3.8) is 0 Å². The maximum atomic E-state index is 12.8. The second-order valence-corrected chi connectivity index (χ2v) is 6.33. The molecule has 0 atom stereocenters. The zero-order chi connectivity index (χ0) is 21.0. The molecule has 0 radical (unpaired) electrons. The maximum Gasteiger partial charge on any atom is 0.259 e. The van der Waals surface area contributed by atoms with E-state index < -0.39 is 0 Å². The third-order valence-electron chi connectivity index (χ3n) is 4.68. The zero-order valence-electron chi connectivity index (χ0n) is 17.2. The number of methoxy groups -OCH3 is 3. The molecule has 0 spiro atoms. The monoisotopic (exact) mass is 399 g/mol. The minimum absolute atomic E-state index is 0.305. The van der Waals surface area contributed by atoms with Gasteiger partial charge in [-0.15, -0.1) is 0 Å². The Labute approximate surface area is 169 Å². The lowest BCUT2D eigenvalue weighted by Gasteiger charge is -2.15. The molecule has 0 aliphatic carbocycles. The van der Waals surface area contributed by atoms with E-state index in [0.29, 0.717) is 35.0 Å². The second-order valence-electron chi connectivity index (χ2n) is 6.33. The van der Waals surface area contributed by atoms with Crippen molar-refractivity contribution in [1.29, 1.82) is 0 Å². The van der Waals surface area contributed by atoms with Crippen LogP contribution in [0.15, 0.2) is 30.7 Å². The number of hydrogen-bond donors (Lipinski definition) is 1. The lowest BCUT2D eigenvalue weighted by molar-refractivity contribution is 0.102. The van der Waals surface area contributed by atoms with Crippen LogP contribution in [0.4, 0.5) is 5.69 Å². The van der Waals surface area contributed by atoms with Gasteiger partial charge in [0.05, 0.1) is 51.5 Å². The number of hydrogen-bond acceptors (Lipinski definition) is 6. The summed E-state index contributed by atoms with van der Waals surface area (Å²) < 4.78 is 19.7. The predicted molar refractivity (Wildman–Crippen MR) is 108 cm³/mol. The first-order valence-corrected chi connectivity index (χ1v) is 9.16. The molecule has 2 aromatic heterocycles. The maximum absolute atomic E-state index is 12.8. The smallest absolute Gasteiger partial charge is 0.259 e. The van der Waals surface area contributed by atoms with Crippen molar-refractivity contribution in [2.75, 3.05) is 26.6 Å². The van der Waals surface area contributed by atoms with Gasteiger partial charge >= 0.3 is 0 Å². The Hall–Kier alpha value is -3.49. The minimum atomic E-state index is -0.336. The summed E-state index contributed by atoms with van der Waals surface area (Å²) in [5.74, 6) is 0.815. The Balaban J connectivity index is 1.77. The number of benzene rings is 1. The van der Waals surface area contributed by atoms with E-state index in [9.17, 15) is 4.79 Å². The van der Waals surface area contributed by atoms with Gasteiger partial charge in [0.15, 0.2) is 11.5 Å². The normalized spacial score (nSPS) is 10.7. The number of aryl methyl sites for hydroxylation is 1. The molecule has 9 heteroatoms. The molecule has 0 unspecified atom stereocenters. The number of anilines is 1. The Bertz CT molecular complexity index is 1010. The van der Waals surface area contributed by atoms with Crippen molar-refractivity contribution in [2.24, 2.45) is 0 Å². The third-order valence-corrected chi connectivity index (χ3v) is 4.68. The van der Waals surface area contributed by atoms with Crippen molar-refractivity contribution < 1.29 is 19.0 Å². The first-order chi connectivity index (χ1) is 14.0. The van der Waals surface area contributed by atoms with E-state index in [2.05, 4.69) is 15.5 Å². The number of rotatable bonds is 8. The summed E-state index contributed by atoms with van der Waals surface area (Å²) in [6.45, 7) is 5.47. The molecule has 0 aliphatic rings. The van der Waals surface area contributed by atoms with Crippen molar-refractivity contribution in [3.05, 3.63) is 47.5 Å². The standard InChI is InChI=1S/C20H25N5O4/c1-6-25-13(2)14(9-22-25)11-24-12-15(10-21-24)23-20(26)16-7-8-17(27-3)19(29-5)18(16)28-4/h7-10,12H,6,11H2,1-5H3,(H,23,26). The number of nitrogens with one attached hydrogen (secondary N) is 1. The van der Waals surface area contributed by atoms with E-state index in [-0.39, 0.29) is 5.91 Å². The number of carbonyl (C=O) groups excluding carboxylic acids is 1. The van der Waals surface area contributed by atoms with E-state index in [4.69, 9.17) is 14.2 Å². The van der Waals surface area contributed by atoms with Gasteiger partial charge in [0.2, 0.25) is 5.75 Å². The first kappa shape index (κ1) is 20.2. The first-order valence-electron chi connectivity index (χ1n) is 9.16. The molecular formula is C20H25N5O4. The molecule has 9 nitrogen and oxygen atoms in total. The van der Waals surface area contributed by atoms with Crippen LogP contribution in [-0.2, 0) is 13.1 Å². The molecule has 2 heterocycles. The summed E-state index contributed by atoms with van der Waals surface area (Å²) in [4.78, 5) is 12.8. The number of aromatic nitrogens is 4. The van der Waals surface area contributed by atoms with Gasteiger partial charge in [0, 0.05) is 24.0 Å². The molecule has 0 aliphatic heterocycles. The van der Waals surface area contributed by atoms with Gasteiger partial charge in [0.25, 0.3) is 5.91 Å². The fourth-order valence-corrected chi connectivity index (χ4v) is 3.13. The lowest BCUT2D eigenvalue weighted by Crippen LogP contribution is -2.13. The van der Waals surface area contributed by atoms with Crippen LogP contribution in [0.2, 0.25) is 0 Å². The van der Waals surface area contributed by atoms with Gasteiger partial charge in [0.1, 0.15) is 0 Å². The Morgan fingerprint density at radius 3 is 2.45 bits per heavy atom. The highest BCUT2D eigenvalue weighted by molar-refractivity contribution is 6.06. The number of carbonyl (C=O) groups is 1. The second kappa shape index (κ2) is 8.68. The molecule has 154 valence electrons. The average molecular weight is 399 g/mol. The molecule has 0 bridgehead atoms. The van der Waals surface area contributed by atoms with Crippen molar-refractivity contribution >= 4 is 11.6 Å². The molecule has 1 N–H and O–H groups in total. The molecule has 3 rings (SSSR count). The predicted octanol–water partition coefficient (Wildman–Crippen LogP) is 2.73. The average Bonchev–Trinajstić information content (AvgIpc) is 3.32. The van der Waals surface area contributed by atoms with Crippen LogP contribution in [0.1, 0.15) is 28.5 Å². The van der Waals surface area contributed by atoms with E-state index in [1.165, 1.54) is 21.3 Å². The van der Waals surface area contributed by atoms with Crippen molar-refractivity contribution in [2.45, 2.75) is 26.9 Å². The van der Waals surface area contributed by atoms with Gasteiger partial charge in [-0.25, -0.2) is 0 Å². The van der Waals surface area contributed by atoms with Gasteiger partial charge < -0.3 is 19.5 Å². The Morgan fingerprint density at radius 1 is 1.07 bits per heavy atom. The summed E-state index contributed by atoms with van der Waals surface area (Å²) in [6, 6.07) is 3.29. The zero-order valence-corrected chi connectivity index (χ0v) is 17.2. The topological polar surface area (TPSA) is 92.4 Å². The molecule has 1 amide bonds. The Morgan fingerprint density at radius 2 is 1.83 bits per heavy atom. The van der Waals surface area contributed by atoms with E-state index in [0.717, 1.165) is 17.8 Å². The summed E-state index contributed by atoms with van der Waals surface area (Å²) in [7, 11) is 4.50. The fraction of sp³-hybridized carbons (Fsp3) is 0.350. The van der Waals surface area contributed by atoms with Crippen molar-refractivity contribution in [1.82, 2.24) is 19.6 Å². The Kier molecular flexibility index (Phi) is 6.06. The van der Waals surface area contributed by atoms with Gasteiger partial charge in [-0.2, -0.15) is 10.2 Å². The molecule has 3 aromatic rings. The summed E-state index contributed by atoms with van der Waals surface area (Å²) in [5, 5.41) is 11.5. The summed E-state index contributed by atoms with van der Waals surface area (Å²) >= 11 is 0. The molecular weight excluding hydrogens is 374 g/mol. The van der Waals surface area contributed by atoms with Crippen LogP contribution >= 0.6 is 0 Å². The van der Waals surface area contributed by atoms with E-state index >= 15 is 0 Å². The van der Waals surface area contributed by atoms with Gasteiger partial charge in [-0.05, 0) is 26.0 Å². The highest BCUT2D eigenvalue weighted by atomic mass is 16.5. The minimum Gasteiger partial charge on any atom is -0.493 e. The highest BCUT2D eigenvalue weighted by Gasteiger charge is 2.21. The summed E-state index contributed by atoms with van der Waals surface area (Å²) in [5.41, 5.74) is 3.09. The van der Waals surface area contributed by atoms with Crippen molar-refractivity contribution in [3.8, 4) is 17.2 Å². The molecule has 0 saturated heterocycles. The van der Waals surface area contributed by atoms with Crippen LogP contribution in [-0.4, -0.2) is 46.8 Å². The summed E-state index contributed by atoms with van der Waals surface area (Å²) in [6.07, 6.45) is 5.21. The number of ether oxygens (including phenoxy) is 3. The highest BCUT2D eigenvalue weighted by Crippen LogP contribution is 2.39. The van der Waals surface area contributed by atoms with Gasteiger partial charge in [-0.3, -0.25) is 14.2 Å².